The van der Waals surface area contributed by atoms with Crippen LogP contribution in [0.3, 0.4) is 0 Å². The molecule has 1 aromatic carbocycles. The van der Waals surface area contributed by atoms with Crippen molar-refractivity contribution in [1.29, 1.82) is 0 Å². The highest BCUT2D eigenvalue weighted by molar-refractivity contribution is 5.94. The summed E-state index contributed by atoms with van der Waals surface area (Å²) in [4.78, 5) is 12.3. The largest absolute Gasteiger partial charge is 0.508 e. The number of phenols is 2. The van der Waals surface area contributed by atoms with Gasteiger partial charge in [0.05, 0.1) is 6.10 Å². The van der Waals surface area contributed by atoms with Gasteiger partial charge in [-0.2, -0.15) is 0 Å². The molecule has 1 aliphatic heterocycles. The molecule has 0 spiro atoms. The SMILES string of the molecule is CC1CC=CCCC=C[C@H](O)Cc2cc(O)cc(O)c2C(=O)O1. The highest BCUT2D eigenvalue weighted by atomic mass is 16.5. The van der Waals surface area contributed by atoms with Crippen LogP contribution in [0.4, 0.5) is 0 Å². The van der Waals surface area contributed by atoms with Gasteiger partial charge in [0.25, 0.3) is 0 Å². The first-order valence-corrected chi connectivity index (χ1v) is 7.73. The van der Waals surface area contributed by atoms with E-state index in [-0.39, 0.29) is 29.6 Å². The first kappa shape index (κ1) is 17.1. The van der Waals surface area contributed by atoms with Crippen molar-refractivity contribution in [2.45, 2.75) is 44.8 Å². The minimum Gasteiger partial charge on any atom is -0.508 e. The topological polar surface area (TPSA) is 87.0 Å². The van der Waals surface area contributed by atoms with Crippen molar-refractivity contribution in [3.63, 3.8) is 0 Å². The Kier molecular flexibility index (Phi) is 5.82. The van der Waals surface area contributed by atoms with Crippen molar-refractivity contribution in [2.24, 2.45) is 0 Å². The zero-order valence-electron chi connectivity index (χ0n) is 13.1. The predicted octanol–water partition coefficient (Wildman–Crippen LogP) is 2.84. The molecule has 2 atom stereocenters. The lowest BCUT2D eigenvalue weighted by molar-refractivity contribution is 0.0343. The van der Waals surface area contributed by atoms with Gasteiger partial charge >= 0.3 is 5.97 Å². The summed E-state index contributed by atoms with van der Waals surface area (Å²) in [5.74, 6) is -1.18. The Balaban J connectivity index is 2.38. The maximum Gasteiger partial charge on any atom is 0.342 e. The lowest BCUT2D eigenvalue weighted by atomic mass is 9.99. The van der Waals surface area contributed by atoms with Crippen molar-refractivity contribution in [3.8, 4) is 11.5 Å². The Hall–Kier alpha value is -2.27. The number of carbonyl (C=O) groups excluding carboxylic acids is 1. The van der Waals surface area contributed by atoms with Crippen LogP contribution in [0.5, 0.6) is 11.5 Å². The van der Waals surface area contributed by atoms with Crippen LogP contribution in [-0.4, -0.2) is 33.5 Å². The van der Waals surface area contributed by atoms with Crippen LogP contribution in [0.15, 0.2) is 36.4 Å². The molecule has 3 N–H and O–H groups in total. The average molecular weight is 318 g/mol. The number of benzene rings is 1. The molecule has 0 radical (unpaired) electrons. The number of rotatable bonds is 0. The zero-order valence-corrected chi connectivity index (χ0v) is 13.1. The second-order valence-corrected chi connectivity index (χ2v) is 5.70. The van der Waals surface area contributed by atoms with Gasteiger partial charge in [0.1, 0.15) is 23.2 Å². The highest BCUT2D eigenvalue weighted by Crippen LogP contribution is 2.29. The molecule has 2 rings (SSSR count). The van der Waals surface area contributed by atoms with Gasteiger partial charge in [-0.1, -0.05) is 24.3 Å². The van der Waals surface area contributed by atoms with E-state index in [1.807, 2.05) is 18.2 Å². The Labute approximate surface area is 135 Å². The van der Waals surface area contributed by atoms with Gasteiger partial charge in [-0.05, 0) is 31.4 Å². The van der Waals surface area contributed by atoms with Gasteiger partial charge in [-0.3, -0.25) is 0 Å². The molecular weight excluding hydrogens is 296 g/mol. The highest BCUT2D eigenvalue weighted by Gasteiger charge is 2.22. The van der Waals surface area contributed by atoms with E-state index in [2.05, 4.69) is 0 Å². The van der Waals surface area contributed by atoms with Crippen LogP contribution in [0, 0.1) is 0 Å². The average Bonchev–Trinajstić information content (AvgIpc) is 2.44. The number of aromatic hydroxyl groups is 2. The van der Waals surface area contributed by atoms with Gasteiger partial charge in [0.2, 0.25) is 0 Å². The van der Waals surface area contributed by atoms with E-state index in [9.17, 15) is 20.1 Å². The fraction of sp³-hybridized carbons (Fsp3) is 0.389. The number of carbonyl (C=O) groups is 1. The zero-order chi connectivity index (χ0) is 16.8. The molecule has 1 unspecified atom stereocenters. The number of hydrogen-bond acceptors (Lipinski definition) is 5. The normalized spacial score (nSPS) is 23.0. The van der Waals surface area contributed by atoms with E-state index in [1.54, 1.807) is 13.0 Å². The van der Waals surface area contributed by atoms with Crippen molar-refractivity contribution < 1.29 is 24.9 Å². The van der Waals surface area contributed by atoms with E-state index in [1.165, 1.54) is 6.07 Å². The summed E-state index contributed by atoms with van der Waals surface area (Å²) >= 11 is 0. The van der Waals surface area contributed by atoms with Gasteiger partial charge in [0.15, 0.2) is 0 Å². The van der Waals surface area contributed by atoms with Crippen LogP contribution < -0.4 is 0 Å². The van der Waals surface area contributed by atoms with E-state index in [0.717, 1.165) is 18.9 Å². The molecule has 0 aliphatic carbocycles. The Morgan fingerprint density at radius 3 is 2.65 bits per heavy atom. The number of phenolic OH excluding ortho intramolecular Hbond substituents is 2. The Morgan fingerprint density at radius 2 is 1.87 bits per heavy atom. The molecule has 5 nitrogen and oxygen atoms in total. The molecule has 0 saturated carbocycles. The van der Waals surface area contributed by atoms with Gasteiger partial charge in [0, 0.05) is 18.9 Å². The van der Waals surface area contributed by atoms with Crippen LogP contribution in [-0.2, 0) is 11.2 Å². The van der Waals surface area contributed by atoms with Crippen LogP contribution in [0.1, 0.15) is 42.1 Å². The molecule has 0 aromatic heterocycles. The summed E-state index contributed by atoms with van der Waals surface area (Å²) in [7, 11) is 0. The molecule has 1 aromatic rings. The number of aliphatic hydroxyl groups is 1. The third-order valence-corrected chi connectivity index (χ3v) is 3.62. The second-order valence-electron chi connectivity index (χ2n) is 5.70. The molecule has 0 bridgehead atoms. The number of aliphatic hydroxyl groups excluding tert-OH is 1. The predicted molar refractivity (Wildman–Crippen MR) is 86.5 cm³/mol. The number of fused-ring (bicyclic) bond motifs is 1. The summed E-state index contributed by atoms with van der Waals surface area (Å²) in [6.07, 6.45) is 8.70. The Bertz CT molecular complexity index is 618. The minimum atomic E-state index is -0.813. The summed E-state index contributed by atoms with van der Waals surface area (Å²) in [6, 6.07) is 2.46. The van der Waals surface area contributed by atoms with E-state index >= 15 is 0 Å². The maximum absolute atomic E-state index is 12.3. The fourth-order valence-corrected chi connectivity index (χ4v) is 2.50. The number of cyclic esters (lactones) is 1. The summed E-state index contributed by atoms with van der Waals surface area (Å²) in [5, 5.41) is 29.7. The number of esters is 1. The van der Waals surface area contributed by atoms with E-state index < -0.39 is 12.1 Å². The van der Waals surface area contributed by atoms with Crippen LogP contribution >= 0.6 is 0 Å². The smallest absolute Gasteiger partial charge is 0.342 e. The summed E-state index contributed by atoms with van der Waals surface area (Å²) in [6.45, 7) is 1.78. The van der Waals surface area contributed by atoms with E-state index in [4.69, 9.17) is 4.74 Å². The molecule has 1 heterocycles. The van der Waals surface area contributed by atoms with E-state index in [0.29, 0.717) is 12.0 Å². The molecule has 0 fully saturated rings. The molecule has 0 amide bonds. The molecular formula is C18H22O5. The van der Waals surface area contributed by atoms with Crippen molar-refractivity contribution >= 4 is 5.97 Å². The monoisotopic (exact) mass is 318 g/mol. The van der Waals surface area contributed by atoms with Gasteiger partial charge in [-0.15, -0.1) is 0 Å². The first-order valence-electron chi connectivity index (χ1n) is 7.73. The number of ether oxygens (including phenoxy) is 1. The van der Waals surface area contributed by atoms with Crippen molar-refractivity contribution in [1.82, 2.24) is 0 Å². The number of allylic oxidation sites excluding steroid dienone is 2. The molecule has 124 valence electrons. The van der Waals surface area contributed by atoms with Crippen LogP contribution in [0.2, 0.25) is 0 Å². The standard InChI is InChI=1S/C18H22O5/c1-12-7-5-3-2-4-6-8-14(19)9-13-10-15(20)11-16(21)17(13)18(22)23-12/h3,5-6,8,10-12,14,19-21H,2,4,7,9H2,1H3/t12?,14-/m0/s1. The quantitative estimate of drug-likeness (QED) is 0.506. The van der Waals surface area contributed by atoms with Crippen LogP contribution in [0.25, 0.3) is 0 Å². The lowest BCUT2D eigenvalue weighted by Crippen LogP contribution is -2.18. The Morgan fingerprint density at radius 1 is 1.13 bits per heavy atom. The third kappa shape index (κ3) is 4.86. The first-order chi connectivity index (χ1) is 11.0. The van der Waals surface area contributed by atoms with Crippen molar-refractivity contribution in [2.75, 3.05) is 0 Å². The summed E-state index contributed by atoms with van der Waals surface area (Å²) < 4.78 is 5.35. The maximum atomic E-state index is 12.3. The third-order valence-electron chi connectivity index (χ3n) is 3.62. The molecule has 5 heteroatoms. The van der Waals surface area contributed by atoms with Gasteiger partial charge in [-0.25, -0.2) is 4.79 Å². The molecule has 0 saturated heterocycles. The van der Waals surface area contributed by atoms with Gasteiger partial charge < -0.3 is 20.1 Å². The molecule has 23 heavy (non-hydrogen) atoms. The second kappa shape index (κ2) is 7.83. The lowest BCUT2D eigenvalue weighted by Gasteiger charge is -2.16. The summed E-state index contributed by atoms with van der Waals surface area (Å²) in [5.41, 5.74) is 0.340. The fourth-order valence-electron chi connectivity index (χ4n) is 2.50. The number of hydrogen-bond donors (Lipinski definition) is 3. The van der Waals surface area contributed by atoms with Crippen molar-refractivity contribution in [3.05, 3.63) is 47.6 Å². The molecule has 1 aliphatic rings. The minimum absolute atomic E-state index is 0.0110.